The summed E-state index contributed by atoms with van der Waals surface area (Å²) in [6.07, 6.45) is 3.11. The summed E-state index contributed by atoms with van der Waals surface area (Å²) in [5.74, 6) is 5.94. The number of pyridine rings is 1. The number of methoxy groups -OCH3 is 1. The molecule has 0 saturated heterocycles. The van der Waals surface area contributed by atoms with E-state index in [1.165, 1.54) is 0 Å². The molecule has 2 heterocycles. The lowest BCUT2D eigenvalue weighted by Crippen LogP contribution is -2.50. The van der Waals surface area contributed by atoms with E-state index in [1.807, 2.05) is 6.92 Å². The first kappa shape index (κ1) is 23.0. The molecule has 1 aromatic heterocycles. The molecule has 0 radical (unpaired) electrons. The topological polar surface area (TPSA) is 92.2 Å². The maximum atomic E-state index is 13.3. The van der Waals surface area contributed by atoms with E-state index in [0.717, 1.165) is 12.8 Å². The van der Waals surface area contributed by atoms with E-state index in [9.17, 15) is 14.7 Å². The van der Waals surface area contributed by atoms with Gasteiger partial charge in [0.15, 0.2) is 0 Å². The van der Waals surface area contributed by atoms with Gasteiger partial charge in [0.25, 0.3) is 5.91 Å². The molecule has 0 spiro atoms. The Morgan fingerprint density at radius 1 is 1.48 bits per heavy atom. The van der Waals surface area contributed by atoms with Crippen LogP contribution >= 0.6 is 0 Å². The number of carbonyl (C=O) groups excluding carboxylic acids is 2. The number of aliphatic hydroxyl groups is 1. The summed E-state index contributed by atoms with van der Waals surface area (Å²) in [6.45, 7) is 4.72. The molecule has 0 aromatic carbocycles. The minimum atomic E-state index is -0.365. The van der Waals surface area contributed by atoms with Gasteiger partial charge in [-0.15, -0.1) is 0 Å². The molecule has 1 aliphatic carbocycles. The summed E-state index contributed by atoms with van der Waals surface area (Å²) < 4.78 is 11.1. The standard InChI is InChI=1S/C23H31N3O5/c1-15-12-26(16(2)14-27)23(29)19-10-17(6-5-9-30-4)11-24-21(19)31-20(15)13-25(3)22(28)18-7-8-18/h10-11,15-16,18,20,27H,7-9,12-14H2,1-4H3/t15-,16-,20-/m0/s1. The molecular weight excluding hydrogens is 398 g/mol. The van der Waals surface area contributed by atoms with Crippen molar-refractivity contribution in [1.29, 1.82) is 0 Å². The number of ether oxygens (including phenoxy) is 2. The summed E-state index contributed by atoms with van der Waals surface area (Å²) in [6, 6.07) is 1.30. The molecule has 168 valence electrons. The quantitative estimate of drug-likeness (QED) is 0.683. The fourth-order valence-electron chi connectivity index (χ4n) is 3.60. The normalized spacial score (nSPS) is 21.7. The molecule has 2 amide bonds. The number of hydrogen-bond acceptors (Lipinski definition) is 6. The van der Waals surface area contributed by atoms with Gasteiger partial charge < -0.3 is 24.4 Å². The van der Waals surface area contributed by atoms with Gasteiger partial charge in [0.2, 0.25) is 11.8 Å². The van der Waals surface area contributed by atoms with Crippen LogP contribution < -0.4 is 4.74 Å². The third-order valence-corrected chi connectivity index (χ3v) is 5.73. The number of aliphatic hydroxyl groups excluding tert-OH is 1. The highest BCUT2D eigenvalue weighted by Gasteiger charge is 2.37. The lowest BCUT2D eigenvalue weighted by Gasteiger charge is -2.37. The van der Waals surface area contributed by atoms with Crippen LogP contribution in [0.5, 0.6) is 5.88 Å². The van der Waals surface area contributed by atoms with Gasteiger partial charge in [-0.2, -0.15) is 0 Å². The van der Waals surface area contributed by atoms with E-state index < -0.39 is 0 Å². The number of amides is 2. The van der Waals surface area contributed by atoms with Gasteiger partial charge in [-0.25, -0.2) is 4.98 Å². The zero-order valence-electron chi connectivity index (χ0n) is 18.6. The van der Waals surface area contributed by atoms with E-state index in [2.05, 4.69) is 16.8 Å². The highest BCUT2D eigenvalue weighted by molar-refractivity contribution is 5.97. The van der Waals surface area contributed by atoms with Gasteiger partial charge in [-0.1, -0.05) is 18.8 Å². The van der Waals surface area contributed by atoms with E-state index >= 15 is 0 Å². The van der Waals surface area contributed by atoms with Crippen LogP contribution in [0.25, 0.3) is 0 Å². The second-order valence-electron chi connectivity index (χ2n) is 8.43. The van der Waals surface area contributed by atoms with Crippen molar-refractivity contribution >= 4 is 11.8 Å². The van der Waals surface area contributed by atoms with Gasteiger partial charge in [0.05, 0.1) is 19.2 Å². The zero-order chi connectivity index (χ0) is 22.5. The van der Waals surface area contributed by atoms with Gasteiger partial charge in [0, 0.05) is 44.3 Å². The average molecular weight is 430 g/mol. The Morgan fingerprint density at radius 3 is 2.87 bits per heavy atom. The maximum absolute atomic E-state index is 13.3. The van der Waals surface area contributed by atoms with E-state index in [1.54, 1.807) is 43.1 Å². The van der Waals surface area contributed by atoms with Crippen LogP contribution in [0.15, 0.2) is 12.3 Å². The summed E-state index contributed by atoms with van der Waals surface area (Å²) in [4.78, 5) is 33.5. The Labute approximate surface area is 183 Å². The van der Waals surface area contributed by atoms with Crippen molar-refractivity contribution in [3.8, 4) is 17.7 Å². The molecule has 1 N–H and O–H groups in total. The van der Waals surface area contributed by atoms with Crippen molar-refractivity contribution in [2.24, 2.45) is 11.8 Å². The molecule has 8 nitrogen and oxygen atoms in total. The fraction of sp³-hybridized carbons (Fsp3) is 0.609. The van der Waals surface area contributed by atoms with Crippen LogP contribution in [0.3, 0.4) is 0 Å². The van der Waals surface area contributed by atoms with E-state index in [0.29, 0.717) is 24.2 Å². The molecule has 1 fully saturated rings. The highest BCUT2D eigenvalue weighted by Crippen LogP contribution is 2.32. The van der Waals surface area contributed by atoms with Gasteiger partial charge in [-0.05, 0) is 25.8 Å². The highest BCUT2D eigenvalue weighted by atomic mass is 16.5. The molecule has 31 heavy (non-hydrogen) atoms. The first-order valence-corrected chi connectivity index (χ1v) is 10.7. The first-order chi connectivity index (χ1) is 14.8. The van der Waals surface area contributed by atoms with Crippen LogP contribution in [0.4, 0.5) is 0 Å². The SMILES string of the molecule is COCC#Cc1cnc2c(c1)C(=O)N([C@@H](C)CO)C[C@H](C)[C@H](CN(C)C(=O)C1CC1)O2. The number of fused-ring (bicyclic) bond motifs is 1. The Bertz CT molecular complexity index is 874. The van der Waals surface area contributed by atoms with Crippen molar-refractivity contribution in [1.82, 2.24) is 14.8 Å². The van der Waals surface area contributed by atoms with Crippen LogP contribution in [-0.4, -0.2) is 84.3 Å². The molecule has 1 aliphatic heterocycles. The third kappa shape index (κ3) is 5.54. The van der Waals surface area contributed by atoms with Crippen LogP contribution in [0.2, 0.25) is 0 Å². The molecule has 8 heteroatoms. The summed E-state index contributed by atoms with van der Waals surface area (Å²) in [5, 5.41) is 9.72. The van der Waals surface area contributed by atoms with Gasteiger partial charge >= 0.3 is 0 Å². The molecule has 1 aromatic rings. The van der Waals surface area contributed by atoms with Crippen LogP contribution in [0.1, 0.15) is 42.6 Å². The second-order valence-corrected chi connectivity index (χ2v) is 8.43. The monoisotopic (exact) mass is 429 g/mol. The predicted molar refractivity (Wildman–Crippen MR) is 115 cm³/mol. The predicted octanol–water partition coefficient (Wildman–Crippen LogP) is 1.17. The van der Waals surface area contributed by atoms with Crippen molar-refractivity contribution in [2.75, 3.05) is 40.5 Å². The lowest BCUT2D eigenvalue weighted by atomic mass is 9.99. The number of carbonyl (C=O) groups is 2. The number of hydrogen-bond donors (Lipinski definition) is 1. The minimum Gasteiger partial charge on any atom is -0.472 e. The molecule has 0 bridgehead atoms. The molecule has 1 saturated carbocycles. The molecular formula is C23H31N3O5. The second kappa shape index (κ2) is 10.1. The van der Waals surface area contributed by atoms with Crippen molar-refractivity contribution in [2.45, 2.75) is 38.8 Å². The van der Waals surface area contributed by atoms with Crippen molar-refractivity contribution < 1.29 is 24.2 Å². The largest absolute Gasteiger partial charge is 0.472 e. The number of likely N-dealkylation sites (N-methyl/N-ethyl adjacent to an activating group) is 1. The first-order valence-electron chi connectivity index (χ1n) is 10.7. The number of rotatable bonds is 6. The number of nitrogens with zero attached hydrogens (tertiary/aromatic N) is 3. The smallest absolute Gasteiger partial charge is 0.259 e. The van der Waals surface area contributed by atoms with Crippen LogP contribution in [-0.2, 0) is 9.53 Å². The lowest BCUT2D eigenvalue weighted by molar-refractivity contribution is -0.132. The Kier molecular flexibility index (Phi) is 7.52. The molecule has 3 rings (SSSR count). The minimum absolute atomic E-state index is 0.0662. The van der Waals surface area contributed by atoms with Crippen molar-refractivity contribution in [3.63, 3.8) is 0 Å². The molecule has 0 unspecified atom stereocenters. The zero-order valence-corrected chi connectivity index (χ0v) is 18.6. The van der Waals surface area contributed by atoms with Gasteiger partial charge in [0.1, 0.15) is 18.3 Å². The van der Waals surface area contributed by atoms with E-state index in [4.69, 9.17) is 9.47 Å². The average Bonchev–Trinajstić information content (AvgIpc) is 3.61. The summed E-state index contributed by atoms with van der Waals surface area (Å²) in [5.41, 5.74) is 0.883. The van der Waals surface area contributed by atoms with Crippen molar-refractivity contribution in [3.05, 3.63) is 23.4 Å². The maximum Gasteiger partial charge on any atom is 0.259 e. The summed E-state index contributed by atoms with van der Waals surface area (Å²) >= 11 is 0. The Hall–Kier alpha value is -2.63. The third-order valence-electron chi connectivity index (χ3n) is 5.73. The summed E-state index contributed by atoms with van der Waals surface area (Å²) in [7, 11) is 3.35. The van der Waals surface area contributed by atoms with E-state index in [-0.39, 0.29) is 54.9 Å². The Balaban J connectivity index is 1.93. The number of aromatic nitrogens is 1. The molecule has 3 atom stereocenters. The Morgan fingerprint density at radius 2 is 2.23 bits per heavy atom. The molecule has 2 aliphatic rings. The fourth-order valence-corrected chi connectivity index (χ4v) is 3.60. The van der Waals surface area contributed by atoms with Crippen LogP contribution in [0, 0.1) is 23.7 Å². The van der Waals surface area contributed by atoms with Gasteiger partial charge in [-0.3, -0.25) is 9.59 Å².